The van der Waals surface area contributed by atoms with E-state index in [-0.39, 0.29) is 12.3 Å². The molecule has 0 fully saturated rings. The van der Waals surface area contributed by atoms with Crippen LogP contribution >= 0.6 is 0 Å². The van der Waals surface area contributed by atoms with Crippen LogP contribution in [-0.2, 0) is 9.59 Å². The summed E-state index contributed by atoms with van der Waals surface area (Å²) < 4.78 is 0. The van der Waals surface area contributed by atoms with E-state index in [0.717, 1.165) is 25.7 Å². The van der Waals surface area contributed by atoms with Crippen LogP contribution in [0.15, 0.2) is 0 Å². The Labute approximate surface area is 128 Å². The first kappa shape index (κ1) is 19.5. The van der Waals surface area contributed by atoms with Crippen LogP contribution in [0.3, 0.4) is 0 Å². The lowest BCUT2D eigenvalue weighted by atomic mass is 10.1. The SMILES string of the molecule is CCCCCCC#CCCCCC(=O)NCCCC(=O)O. The standard InChI is InChI=1S/C17H29NO3/c1-2-3-4-5-6-7-8-9-10-11-13-16(19)18-15-12-14-17(20)21/h2-6,9-15H2,1H3,(H,18,19)(H,20,21). The molecule has 0 rings (SSSR count). The molecule has 4 heteroatoms. The molecular weight excluding hydrogens is 266 g/mol. The number of carboxylic acid groups (broad SMARTS) is 1. The number of nitrogens with one attached hydrogen (secondary N) is 1. The highest BCUT2D eigenvalue weighted by atomic mass is 16.4. The minimum absolute atomic E-state index is 0.00733. The van der Waals surface area contributed by atoms with Crippen molar-refractivity contribution in [2.24, 2.45) is 0 Å². The minimum Gasteiger partial charge on any atom is -0.481 e. The number of carboxylic acids is 1. The van der Waals surface area contributed by atoms with E-state index in [9.17, 15) is 9.59 Å². The smallest absolute Gasteiger partial charge is 0.303 e. The monoisotopic (exact) mass is 295 g/mol. The molecule has 0 atom stereocenters. The van der Waals surface area contributed by atoms with Crippen molar-refractivity contribution in [3.8, 4) is 11.8 Å². The zero-order valence-electron chi connectivity index (χ0n) is 13.2. The molecule has 0 saturated heterocycles. The lowest BCUT2D eigenvalue weighted by Crippen LogP contribution is -2.24. The Balaban J connectivity index is 3.32. The summed E-state index contributed by atoms with van der Waals surface area (Å²) in [5.41, 5.74) is 0. The lowest BCUT2D eigenvalue weighted by molar-refractivity contribution is -0.137. The Hall–Kier alpha value is -1.50. The molecule has 1 amide bonds. The van der Waals surface area contributed by atoms with Crippen LogP contribution in [-0.4, -0.2) is 23.5 Å². The number of carbonyl (C=O) groups excluding carboxylic acids is 1. The van der Waals surface area contributed by atoms with Gasteiger partial charge in [-0.25, -0.2) is 0 Å². The molecule has 0 aliphatic rings. The largest absolute Gasteiger partial charge is 0.481 e. The molecule has 2 N–H and O–H groups in total. The van der Waals surface area contributed by atoms with Crippen LogP contribution in [0, 0.1) is 11.8 Å². The van der Waals surface area contributed by atoms with Crippen molar-refractivity contribution in [2.75, 3.05) is 6.54 Å². The second-order valence-electron chi connectivity index (χ2n) is 5.22. The maximum atomic E-state index is 11.4. The third-order valence-electron chi connectivity index (χ3n) is 3.13. The van der Waals surface area contributed by atoms with Crippen molar-refractivity contribution in [3.05, 3.63) is 0 Å². The molecule has 120 valence electrons. The molecule has 0 aromatic carbocycles. The van der Waals surface area contributed by atoms with Crippen LogP contribution in [0.2, 0.25) is 0 Å². The van der Waals surface area contributed by atoms with E-state index in [1.54, 1.807) is 0 Å². The quantitative estimate of drug-likeness (QED) is 0.428. The summed E-state index contributed by atoms with van der Waals surface area (Å²) in [6, 6.07) is 0. The van der Waals surface area contributed by atoms with Crippen molar-refractivity contribution in [1.82, 2.24) is 5.32 Å². The number of amides is 1. The van der Waals surface area contributed by atoms with Gasteiger partial charge < -0.3 is 10.4 Å². The van der Waals surface area contributed by atoms with Crippen molar-refractivity contribution < 1.29 is 14.7 Å². The molecule has 21 heavy (non-hydrogen) atoms. The van der Waals surface area contributed by atoms with Gasteiger partial charge in [-0.1, -0.05) is 26.2 Å². The molecule has 0 aliphatic heterocycles. The number of rotatable bonds is 12. The van der Waals surface area contributed by atoms with Gasteiger partial charge in [0.1, 0.15) is 0 Å². The van der Waals surface area contributed by atoms with Gasteiger partial charge in [0, 0.05) is 32.2 Å². The number of hydrogen-bond acceptors (Lipinski definition) is 2. The van der Waals surface area contributed by atoms with Gasteiger partial charge in [-0.2, -0.15) is 0 Å². The molecule has 4 nitrogen and oxygen atoms in total. The predicted molar refractivity (Wildman–Crippen MR) is 84.9 cm³/mol. The van der Waals surface area contributed by atoms with E-state index < -0.39 is 5.97 Å². The van der Waals surface area contributed by atoms with Gasteiger partial charge in [0.15, 0.2) is 0 Å². The highest BCUT2D eigenvalue weighted by molar-refractivity contribution is 5.75. The predicted octanol–water partition coefficient (Wildman–Crippen LogP) is 3.50. The number of hydrogen-bond donors (Lipinski definition) is 2. The summed E-state index contributed by atoms with van der Waals surface area (Å²) in [7, 11) is 0. The van der Waals surface area contributed by atoms with E-state index in [0.29, 0.717) is 19.4 Å². The maximum Gasteiger partial charge on any atom is 0.303 e. The van der Waals surface area contributed by atoms with Gasteiger partial charge >= 0.3 is 5.97 Å². The third-order valence-corrected chi connectivity index (χ3v) is 3.13. The Morgan fingerprint density at radius 3 is 2.19 bits per heavy atom. The van der Waals surface area contributed by atoms with E-state index in [1.807, 2.05) is 0 Å². The molecule has 0 spiro atoms. The summed E-state index contributed by atoms with van der Waals surface area (Å²) >= 11 is 0. The Kier molecular flexibility index (Phi) is 13.8. The van der Waals surface area contributed by atoms with Gasteiger partial charge in [-0.05, 0) is 25.7 Å². The van der Waals surface area contributed by atoms with Crippen molar-refractivity contribution in [3.63, 3.8) is 0 Å². The van der Waals surface area contributed by atoms with Crippen LogP contribution in [0.5, 0.6) is 0 Å². The first-order chi connectivity index (χ1) is 10.2. The van der Waals surface area contributed by atoms with Crippen LogP contribution in [0.25, 0.3) is 0 Å². The Morgan fingerprint density at radius 2 is 1.57 bits per heavy atom. The third kappa shape index (κ3) is 16.4. The fourth-order valence-electron chi connectivity index (χ4n) is 1.87. The molecule has 0 unspecified atom stereocenters. The fourth-order valence-corrected chi connectivity index (χ4v) is 1.87. The highest BCUT2D eigenvalue weighted by Crippen LogP contribution is 2.02. The van der Waals surface area contributed by atoms with E-state index in [2.05, 4.69) is 24.1 Å². The number of carbonyl (C=O) groups is 2. The van der Waals surface area contributed by atoms with Crippen molar-refractivity contribution in [2.45, 2.75) is 77.6 Å². The topological polar surface area (TPSA) is 66.4 Å². The summed E-state index contributed by atoms with van der Waals surface area (Å²) in [6.45, 7) is 2.65. The molecule has 0 radical (unpaired) electrons. The summed E-state index contributed by atoms with van der Waals surface area (Å²) in [5.74, 6) is 5.52. The fraction of sp³-hybridized carbons (Fsp3) is 0.765. The Morgan fingerprint density at radius 1 is 0.905 bits per heavy atom. The van der Waals surface area contributed by atoms with Crippen molar-refractivity contribution in [1.29, 1.82) is 0 Å². The number of unbranched alkanes of at least 4 members (excludes halogenated alkanes) is 6. The highest BCUT2D eigenvalue weighted by Gasteiger charge is 2.01. The van der Waals surface area contributed by atoms with Gasteiger partial charge in [-0.3, -0.25) is 9.59 Å². The zero-order chi connectivity index (χ0) is 15.8. The average molecular weight is 295 g/mol. The van der Waals surface area contributed by atoms with E-state index in [4.69, 9.17) is 5.11 Å². The minimum atomic E-state index is -0.822. The number of aliphatic carboxylic acids is 1. The normalized spacial score (nSPS) is 9.76. The van der Waals surface area contributed by atoms with E-state index in [1.165, 1.54) is 25.7 Å². The van der Waals surface area contributed by atoms with Crippen LogP contribution < -0.4 is 5.32 Å². The maximum absolute atomic E-state index is 11.4. The summed E-state index contributed by atoms with van der Waals surface area (Å²) in [6.07, 6.45) is 9.76. The summed E-state index contributed by atoms with van der Waals surface area (Å²) in [4.78, 5) is 21.7. The van der Waals surface area contributed by atoms with Gasteiger partial charge in [0.25, 0.3) is 0 Å². The molecule has 0 bridgehead atoms. The average Bonchev–Trinajstić information content (AvgIpc) is 2.45. The van der Waals surface area contributed by atoms with Crippen LogP contribution in [0.4, 0.5) is 0 Å². The second-order valence-corrected chi connectivity index (χ2v) is 5.22. The lowest BCUT2D eigenvalue weighted by Gasteiger charge is -2.03. The van der Waals surface area contributed by atoms with Gasteiger partial charge in [0.2, 0.25) is 5.91 Å². The Bertz CT molecular complexity index is 342. The molecule has 0 aromatic rings. The zero-order valence-corrected chi connectivity index (χ0v) is 13.2. The first-order valence-corrected chi connectivity index (χ1v) is 8.11. The van der Waals surface area contributed by atoms with Gasteiger partial charge in [0.05, 0.1) is 0 Å². The molecule has 0 saturated carbocycles. The molecule has 0 aliphatic carbocycles. The van der Waals surface area contributed by atoms with Crippen molar-refractivity contribution >= 4 is 11.9 Å². The molecule has 0 aromatic heterocycles. The first-order valence-electron chi connectivity index (χ1n) is 8.11. The molecule has 0 heterocycles. The second kappa shape index (κ2) is 14.9. The van der Waals surface area contributed by atoms with Gasteiger partial charge in [-0.15, -0.1) is 11.8 Å². The summed E-state index contributed by atoms with van der Waals surface area (Å²) in [5, 5.41) is 11.2. The van der Waals surface area contributed by atoms with E-state index >= 15 is 0 Å². The van der Waals surface area contributed by atoms with Crippen LogP contribution in [0.1, 0.15) is 77.6 Å². The molecular formula is C17H29NO3.